The summed E-state index contributed by atoms with van der Waals surface area (Å²) < 4.78 is 52.1. The third-order valence-corrected chi connectivity index (χ3v) is 12.9. The lowest BCUT2D eigenvalue weighted by Crippen LogP contribution is -2.56. The molecular formula is C45H78O19P2. The summed E-state index contributed by atoms with van der Waals surface area (Å²) in [5, 5.41) is 79.5. The number of allylic oxidation sites excluding steroid dienone is 6. The van der Waals surface area contributed by atoms with Gasteiger partial charge in [-0.2, -0.15) is 0 Å². The predicted octanol–water partition coefficient (Wildman–Crippen LogP) is 4.88. The van der Waals surface area contributed by atoms with Crippen molar-refractivity contribution in [3.63, 3.8) is 0 Å². The van der Waals surface area contributed by atoms with Crippen molar-refractivity contribution in [1.29, 1.82) is 0 Å². The van der Waals surface area contributed by atoms with E-state index in [0.29, 0.717) is 12.8 Å². The van der Waals surface area contributed by atoms with E-state index in [1.807, 2.05) is 6.92 Å². The van der Waals surface area contributed by atoms with Crippen molar-refractivity contribution in [2.75, 3.05) is 13.2 Å². The average molecular weight is 985 g/mol. The predicted molar refractivity (Wildman–Crippen MR) is 243 cm³/mol. The summed E-state index contributed by atoms with van der Waals surface area (Å²) in [7, 11) is -11.4. The Morgan fingerprint density at radius 3 is 2.27 bits per heavy atom. The molecule has 0 spiro atoms. The van der Waals surface area contributed by atoms with Crippen molar-refractivity contribution in [3.8, 4) is 0 Å². The highest BCUT2D eigenvalue weighted by Crippen LogP contribution is 2.49. The number of carbonyl (C=O) groups is 2. The molecular weight excluding hydrogens is 906 g/mol. The van der Waals surface area contributed by atoms with Gasteiger partial charge in [0.1, 0.15) is 31.0 Å². The quantitative estimate of drug-likeness (QED) is 0.0299. The minimum Gasteiger partial charge on any atom is -0.462 e. The normalized spacial score (nSPS) is 32.1. The van der Waals surface area contributed by atoms with Gasteiger partial charge in [-0.3, -0.25) is 23.2 Å². The molecule has 1 fully saturated rings. The Labute approximate surface area is 389 Å². The SMILES string of the molecule is CCC/C=C\C/C=C\CCCCCCCC(=O)OC[C@@H]1COP(=O)(O)O[C@H]2[C@H](O)[C@@H](O)[C@H](O)[C@@H](CC=CCCCC(=O)O1)[C@@H](O)C[C@@H](O)[C@H](C=C[C@@H](O)CCCCC)[C@@H](O)[C@H]2OP(=O)(O)O. The summed E-state index contributed by atoms with van der Waals surface area (Å²) in [6.45, 7) is 2.48. The zero-order valence-corrected chi connectivity index (χ0v) is 40.2. The number of cyclic esters (lactones) is 1. The number of rotatable bonds is 22. The number of esters is 2. The molecule has 0 aromatic carbocycles. The fourth-order valence-electron chi connectivity index (χ4n) is 7.64. The van der Waals surface area contributed by atoms with Crippen LogP contribution in [0.15, 0.2) is 48.6 Å². The summed E-state index contributed by atoms with van der Waals surface area (Å²) in [5.74, 6) is -4.52. The van der Waals surface area contributed by atoms with Gasteiger partial charge in [-0.05, 0) is 57.8 Å². The standard InChI is InChI=1S/C45H78O19P2/c1-3-5-7-8-9-10-11-12-13-14-15-16-21-25-38(49)60-30-33-31-61-66(58,59)64-45-43(54)42(53)40(51)34(24-20-17-18-22-26-39(50)62-33)36(47)29-37(48)35(28-27-32(46)23-19-6-4-2)41(52)44(45)63-65(55,56)57/h7-8,10-11,17,20,27-28,32-37,40-48,51-54H,3-6,9,12-16,18-19,21-26,29-31H2,1-2H3,(H,58,59)(H2,55,56,57)/b8-7-,11-10-,20-17?,28-27?/t32-,33+,34-,35-,36-,37+,40+,41+,42-,43+,44+,45-/m0/s1. The van der Waals surface area contributed by atoms with E-state index in [-0.39, 0.29) is 38.5 Å². The van der Waals surface area contributed by atoms with E-state index < -0.39 is 120 Å². The van der Waals surface area contributed by atoms with E-state index in [4.69, 9.17) is 23.0 Å². The fourth-order valence-corrected chi connectivity index (χ4v) is 9.17. The van der Waals surface area contributed by atoms with Gasteiger partial charge >= 0.3 is 27.6 Å². The zero-order valence-electron chi connectivity index (χ0n) is 38.4. The monoisotopic (exact) mass is 984 g/mol. The van der Waals surface area contributed by atoms with Crippen molar-refractivity contribution >= 4 is 27.6 Å². The molecule has 2 rings (SSSR count). The second-order valence-corrected chi connectivity index (χ2v) is 19.7. The van der Waals surface area contributed by atoms with E-state index in [2.05, 4.69) is 31.2 Å². The minimum atomic E-state index is -5.76. The van der Waals surface area contributed by atoms with E-state index >= 15 is 0 Å². The average Bonchev–Trinajstić information content (AvgIpc) is 3.25. The number of fused-ring (bicyclic) bond motifs is 4. The van der Waals surface area contributed by atoms with Crippen LogP contribution in [-0.2, 0) is 41.8 Å². The molecule has 2 bridgehead atoms. The maximum atomic E-state index is 13.7. The smallest absolute Gasteiger partial charge is 0.462 e. The lowest BCUT2D eigenvalue weighted by molar-refractivity contribution is -0.165. The van der Waals surface area contributed by atoms with Crippen LogP contribution in [0.1, 0.15) is 136 Å². The number of hydrogen-bond acceptors (Lipinski definition) is 16. The molecule has 0 radical (unpaired) electrons. The number of phosphoric acid groups is 2. The van der Waals surface area contributed by atoms with Crippen LogP contribution in [0.3, 0.4) is 0 Å². The maximum absolute atomic E-state index is 13.7. The van der Waals surface area contributed by atoms with Gasteiger partial charge in [0.15, 0.2) is 6.10 Å². The molecule has 382 valence electrons. The summed E-state index contributed by atoms with van der Waals surface area (Å²) in [6.07, 6.45) is 3.27. The second kappa shape index (κ2) is 32.6. The highest BCUT2D eigenvalue weighted by Gasteiger charge is 2.51. The first-order chi connectivity index (χ1) is 31.3. The summed E-state index contributed by atoms with van der Waals surface area (Å²) in [5.41, 5.74) is 0. The van der Waals surface area contributed by atoms with Gasteiger partial charge in [-0.15, -0.1) is 0 Å². The first-order valence-corrected chi connectivity index (χ1v) is 26.5. The number of carbonyl (C=O) groups excluding carboxylic acids is 2. The molecule has 21 heteroatoms. The van der Waals surface area contributed by atoms with E-state index in [1.54, 1.807) is 6.08 Å². The highest BCUT2D eigenvalue weighted by atomic mass is 31.2. The molecule has 10 N–H and O–H groups in total. The van der Waals surface area contributed by atoms with Crippen LogP contribution in [0, 0.1) is 11.8 Å². The van der Waals surface area contributed by atoms with Crippen molar-refractivity contribution in [2.45, 2.75) is 197 Å². The Kier molecular flexibility index (Phi) is 29.6. The van der Waals surface area contributed by atoms with Crippen LogP contribution in [0.25, 0.3) is 0 Å². The van der Waals surface area contributed by atoms with Crippen molar-refractivity contribution in [2.24, 2.45) is 11.8 Å². The van der Waals surface area contributed by atoms with Crippen molar-refractivity contribution in [3.05, 3.63) is 48.6 Å². The lowest BCUT2D eigenvalue weighted by atomic mass is 9.83. The van der Waals surface area contributed by atoms with Crippen LogP contribution in [0.5, 0.6) is 0 Å². The van der Waals surface area contributed by atoms with Crippen LogP contribution in [0.2, 0.25) is 0 Å². The van der Waals surface area contributed by atoms with Gasteiger partial charge < -0.3 is 59.9 Å². The van der Waals surface area contributed by atoms with Crippen LogP contribution in [-0.4, -0.2) is 137 Å². The largest absolute Gasteiger partial charge is 0.472 e. The van der Waals surface area contributed by atoms with Gasteiger partial charge in [-0.25, -0.2) is 9.13 Å². The summed E-state index contributed by atoms with van der Waals surface area (Å²) in [4.78, 5) is 56.6. The molecule has 2 aliphatic rings. The summed E-state index contributed by atoms with van der Waals surface area (Å²) >= 11 is 0. The van der Waals surface area contributed by atoms with Gasteiger partial charge in [-0.1, -0.05) is 107 Å². The number of unbranched alkanes of at least 4 members (excludes halogenated alkanes) is 8. The molecule has 1 saturated carbocycles. The molecule has 1 aliphatic carbocycles. The molecule has 1 unspecified atom stereocenters. The summed E-state index contributed by atoms with van der Waals surface area (Å²) in [6, 6.07) is 0. The zero-order chi connectivity index (χ0) is 49.1. The van der Waals surface area contributed by atoms with Gasteiger partial charge in [0.05, 0.1) is 37.1 Å². The molecule has 66 heavy (non-hydrogen) atoms. The first kappa shape index (κ1) is 60.0. The number of phosphoric ester groups is 2. The van der Waals surface area contributed by atoms with Crippen LogP contribution >= 0.6 is 15.6 Å². The van der Waals surface area contributed by atoms with E-state index in [9.17, 15) is 69.1 Å². The molecule has 0 saturated heterocycles. The lowest BCUT2D eigenvalue weighted by Gasteiger charge is -2.38. The molecule has 1 heterocycles. The fraction of sp³-hybridized carbons (Fsp3) is 0.778. The van der Waals surface area contributed by atoms with E-state index in [0.717, 1.165) is 70.3 Å². The van der Waals surface area contributed by atoms with Crippen LogP contribution < -0.4 is 0 Å². The molecule has 1 aliphatic heterocycles. The number of aliphatic hydroxyl groups excluding tert-OH is 7. The third kappa shape index (κ3) is 24.4. The first-order valence-electron chi connectivity index (χ1n) is 23.4. The topological polar surface area (TPSA) is 317 Å². The Morgan fingerprint density at radius 1 is 0.879 bits per heavy atom. The maximum Gasteiger partial charge on any atom is 0.472 e. The third-order valence-electron chi connectivity index (χ3n) is 11.4. The highest BCUT2D eigenvalue weighted by molar-refractivity contribution is 7.47. The Bertz CT molecular complexity index is 1580. The molecule has 0 amide bonds. The molecule has 0 aromatic heterocycles. The minimum absolute atomic E-state index is 0.0388. The number of aliphatic hydroxyl groups is 7. The van der Waals surface area contributed by atoms with E-state index in [1.165, 1.54) is 12.2 Å². The number of hydrogen-bond donors (Lipinski definition) is 10. The van der Waals surface area contributed by atoms with Gasteiger partial charge in [0.25, 0.3) is 0 Å². The van der Waals surface area contributed by atoms with Crippen molar-refractivity contribution < 1.29 is 92.2 Å². The molecule has 19 nitrogen and oxygen atoms in total. The Morgan fingerprint density at radius 2 is 1.58 bits per heavy atom. The molecule has 13 atom stereocenters. The number of ether oxygens (including phenoxy) is 2. The van der Waals surface area contributed by atoms with Crippen LogP contribution in [0.4, 0.5) is 0 Å². The van der Waals surface area contributed by atoms with Crippen molar-refractivity contribution in [1.82, 2.24) is 0 Å². The van der Waals surface area contributed by atoms with Gasteiger partial charge in [0, 0.05) is 31.1 Å². The Hall–Kier alpha value is -2.16. The van der Waals surface area contributed by atoms with Gasteiger partial charge in [0.2, 0.25) is 0 Å². The Balaban J connectivity index is 2.38. The second-order valence-electron chi connectivity index (χ2n) is 17.1. The molecule has 0 aromatic rings.